The van der Waals surface area contributed by atoms with Crippen LogP contribution in [-0.4, -0.2) is 43.3 Å². The van der Waals surface area contributed by atoms with Gasteiger partial charge in [-0.25, -0.2) is 4.79 Å². The van der Waals surface area contributed by atoms with Gasteiger partial charge < -0.3 is 15.4 Å². The number of ether oxygens (including phenoxy) is 1. The molecule has 1 atom stereocenters. The van der Waals surface area contributed by atoms with E-state index in [1.54, 1.807) is 11.8 Å². The molecule has 0 spiro atoms. The number of carbonyl (C=O) groups is 1. The van der Waals surface area contributed by atoms with Crippen LogP contribution in [0.2, 0.25) is 0 Å². The van der Waals surface area contributed by atoms with Gasteiger partial charge in [0.2, 0.25) is 0 Å². The second kappa shape index (κ2) is 7.43. The summed E-state index contributed by atoms with van der Waals surface area (Å²) in [6, 6.07) is 0.0511. The molecule has 0 saturated carbocycles. The lowest BCUT2D eigenvalue weighted by atomic mass is 10.3. The Labute approximate surface area is 94.5 Å². The summed E-state index contributed by atoms with van der Waals surface area (Å²) >= 11 is 1.63. The second-order valence-corrected chi connectivity index (χ2v) is 4.32. The van der Waals surface area contributed by atoms with Crippen molar-refractivity contribution >= 4 is 17.8 Å². The average Bonchev–Trinajstić information content (AvgIpc) is 2.70. The number of hydrogen-bond donors (Lipinski definition) is 2. The summed E-state index contributed by atoms with van der Waals surface area (Å²) < 4.78 is 5.15. The highest BCUT2D eigenvalue weighted by Crippen LogP contribution is 2.02. The van der Waals surface area contributed by atoms with Gasteiger partial charge in [0.1, 0.15) is 0 Å². The fourth-order valence-corrected chi connectivity index (χ4v) is 1.76. The number of thioether (sulfide) groups is 1. The molecule has 0 radical (unpaired) electrons. The molecule has 1 saturated heterocycles. The Morgan fingerprint density at radius 3 is 3.20 bits per heavy atom. The monoisotopic (exact) mass is 228 g/mol. The molecule has 2 amide bonds. The van der Waals surface area contributed by atoms with Gasteiger partial charge in [0.15, 0.2) is 0 Å². The summed E-state index contributed by atoms with van der Waals surface area (Å²) in [6.07, 6.45) is 6.00. The van der Waals surface area contributed by atoms with Crippen molar-refractivity contribution in [1.82, 2.24) is 10.6 Å². The smallest absolute Gasteiger partial charge is 0.315 e. The van der Waals surface area contributed by atoms with E-state index in [4.69, 9.17) is 11.2 Å². The first kappa shape index (κ1) is 12.2. The van der Waals surface area contributed by atoms with Crippen LogP contribution in [0.1, 0.15) is 6.42 Å². The van der Waals surface area contributed by atoms with Crippen molar-refractivity contribution in [3.63, 3.8) is 0 Å². The van der Waals surface area contributed by atoms with E-state index in [1.165, 1.54) is 0 Å². The van der Waals surface area contributed by atoms with Crippen molar-refractivity contribution in [3.8, 4) is 12.3 Å². The number of terminal acetylenes is 1. The van der Waals surface area contributed by atoms with Gasteiger partial charge in [0, 0.05) is 18.9 Å². The fraction of sp³-hybridized carbons (Fsp3) is 0.700. The molecule has 0 aromatic heterocycles. The number of rotatable bonds is 5. The van der Waals surface area contributed by atoms with E-state index in [0.29, 0.717) is 18.9 Å². The second-order valence-electron chi connectivity index (χ2n) is 3.22. The van der Waals surface area contributed by atoms with Crippen molar-refractivity contribution in [3.05, 3.63) is 0 Å². The molecule has 5 heteroatoms. The van der Waals surface area contributed by atoms with Gasteiger partial charge in [-0.05, 0) is 6.42 Å². The van der Waals surface area contributed by atoms with Crippen LogP contribution < -0.4 is 10.6 Å². The third-order valence-electron chi connectivity index (χ3n) is 1.98. The number of amides is 2. The van der Waals surface area contributed by atoms with Crippen LogP contribution in [0.15, 0.2) is 0 Å². The fourth-order valence-electron chi connectivity index (χ4n) is 1.25. The Kier molecular flexibility index (Phi) is 6.05. The summed E-state index contributed by atoms with van der Waals surface area (Å²) in [6.45, 7) is 2.01. The van der Waals surface area contributed by atoms with Crippen molar-refractivity contribution in [1.29, 1.82) is 0 Å². The lowest BCUT2D eigenvalue weighted by Gasteiger charge is -2.11. The van der Waals surface area contributed by atoms with E-state index in [-0.39, 0.29) is 12.1 Å². The minimum absolute atomic E-state index is 0.119. The first-order chi connectivity index (χ1) is 7.33. The number of carbonyl (C=O) groups excluding carboxylic acids is 1. The molecule has 0 bridgehead atoms. The summed E-state index contributed by atoms with van der Waals surface area (Å²) in [5, 5.41) is 5.62. The highest BCUT2D eigenvalue weighted by atomic mass is 32.2. The van der Waals surface area contributed by atoms with Crippen molar-refractivity contribution in [2.45, 2.75) is 12.5 Å². The Hall–Kier alpha value is -0.860. The SMILES string of the molecule is C#CCSCCNC(=O)NC1CCOC1. The minimum atomic E-state index is -0.119. The highest BCUT2D eigenvalue weighted by Gasteiger charge is 2.16. The third-order valence-corrected chi connectivity index (χ3v) is 2.85. The lowest BCUT2D eigenvalue weighted by Crippen LogP contribution is -2.43. The van der Waals surface area contributed by atoms with E-state index in [1.807, 2.05) is 0 Å². The molecule has 1 heterocycles. The standard InChI is InChI=1S/C10H16N2O2S/c1-2-6-15-7-4-11-10(13)12-9-3-5-14-8-9/h1,9H,3-8H2,(H2,11,12,13). The van der Waals surface area contributed by atoms with Crippen LogP contribution in [0.25, 0.3) is 0 Å². The molecule has 0 aliphatic carbocycles. The van der Waals surface area contributed by atoms with Crippen molar-refractivity contribution < 1.29 is 9.53 Å². The Morgan fingerprint density at radius 1 is 1.67 bits per heavy atom. The van der Waals surface area contributed by atoms with Crippen LogP contribution in [-0.2, 0) is 4.74 Å². The molecule has 15 heavy (non-hydrogen) atoms. The van der Waals surface area contributed by atoms with Gasteiger partial charge >= 0.3 is 6.03 Å². The molecular formula is C10H16N2O2S. The third kappa shape index (κ3) is 5.55. The van der Waals surface area contributed by atoms with E-state index >= 15 is 0 Å². The Balaban J connectivity index is 1.96. The van der Waals surface area contributed by atoms with E-state index in [9.17, 15) is 4.79 Å². The van der Waals surface area contributed by atoms with Gasteiger partial charge in [-0.2, -0.15) is 0 Å². The predicted molar refractivity (Wildman–Crippen MR) is 61.9 cm³/mol. The molecule has 1 fully saturated rings. The molecule has 0 aromatic rings. The minimum Gasteiger partial charge on any atom is -0.379 e. The maximum Gasteiger partial charge on any atom is 0.315 e. The topological polar surface area (TPSA) is 50.4 Å². The van der Waals surface area contributed by atoms with E-state index in [2.05, 4.69) is 16.6 Å². The molecular weight excluding hydrogens is 212 g/mol. The number of urea groups is 1. The largest absolute Gasteiger partial charge is 0.379 e. The van der Waals surface area contributed by atoms with E-state index < -0.39 is 0 Å². The molecule has 1 aliphatic rings. The first-order valence-electron chi connectivity index (χ1n) is 4.96. The lowest BCUT2D eigenvalue weighted by molar-refractivity contribution is 0.188. The molecule has 1 unspecified atom stereocenters. The van der Waals surface area contributed by atoms with Crippen molar-refractivity contribution in [2.24, 2.45) is 0 Å². The number of hydrogen-bond acceptors (Lipinski definition) is 3. The normalized spacial score (nSPS) is 19.5. The summed E-state index contributed by atoms with van der Waals surface area (Å²) in [5.41, 5.74) is 0. The van der Waals surface area contributed by atoms with Crippen LogP contribution >= 0.6 is 11.8 Å². The Morgan fingerprint density at radius 2 is 2.53 bits per heavy atom. The zero-order chi connectivity index (χ0) is 10.9. The summed E-state index contributed by atoms with van der Waals surface area (Å²) in [5.74, 6) is 4.07. The molecule has 84 valence electrons. The maximum absolute atomic E-state index is 11.3. The summed E-state index contributed by atoms with van der Waals surface area (Å²) in [4.78, 5) is 11.3. The quantitative estimate of drug-likeness (QED) is 0.530. The zero-order valence-corrected chi connectivity index (χ0v) is 9.44. The predicted octanol–water partition coefficient (Wildman–Crippen LogP) is 0.441. The molecule has 0 aromatic carbocycles. The molecule has 4 nitrogen and oxygen atoms in total. The van der Waals surface area contributed by atoms with Crippen LogP contribution in [0.3, 0.4) is 0 Å². The molecule has 2 N–H and O–H groups in total. The van der Waals surface area contributed by atoms with Gasteiger partial charge in [-0.15, -0.1) is 18.2 Å². The van der Waals surface area contributed by atoms with Crippen LogP contribution in [0.5, 0.6) is 0 Å². The van der Waals surface area contributed by atoms with Gasteiger partial charge in [-0.1, -0.05) is 5.92 Å². The molecule has 1 aliphatic heterocycles. The van der Waals surface area contributed by atoms with E-state index in [0.717, 1.165) is 18.8 Å². The van der Waals surface area contributed by atoms with Gasteiger partial charge in [-0.3, -0.25) is 0 Å². The summed E-state index contributed by atoms with van der Waals surface area (Å²) in [7, 11) is 0. The Bertz CT molecular complexity index is 234. The average molecular weight is 228 g/mol. The zero-order valence-electron chi connectivity index (χ0n) is 8.62. The number of nitrogens with one attached hydrogen (secondary N) is 2. The van der Waals surface area contributed by atoms with Gasteiger partial charge in [0.25, 0.3) is 0 Å². The van der Waals surface area contributed by atoms with Gasteiger partial charge in [0.05, 0.1) is 18.4 Å². The first-order valence-corrected chi connectivity index (χ1v) is 6.11. The van der Waals surface area contributed by atoms with Crippen LogP contribution in [0.4, 0.5) is 4.79 Å². The van der Waals surface area contributed by atoms with Crippen LogP contribution in [0, 0.1) is 12.3 Å². The van der Waals surface area contributed by atoms with Crippen molar-refractivity contribution in [2.75, 3.05) is 31.3 Å². The molecule has 1 rings (SSSR count). The maximum atomic E-state index is 11.3. The highest BCUT2D eigenvalue weighted by molar-refractivity contribution is 7.99.